The van der Waals surface area contributed by atoms with E-state index in [4.69, 9.17) is 13.9 Å². The number of hydrogen-bond acceptors (Lipinski definition) is 4. The molecule has 2 rings (SSSR count). The predicted octanol–water partition coefficient (Wildman–Crippen LogP) is 2.22. The third-order valence-corrected chi connectivity index (χ3v) is 2.96. The van der Waals surface area contributed by atoms with Gasteiger partial charge in [0.15, 0.2) is 0 Å². The highest BCUT2D eigenvalue weighted by Crippen LogP contribution is 2.14. The fourth-order valence-corrected chi connectivity index (χ4v) is 1.87. The average molecular weight is 292 g/mol. The van der Waals surface area contributed by atoms with Gasteiger partial charge in [-0.1, -0.05) is 0 Å². The summed E-state index contributed by atoms with van der Waals surface area (Å²) in [5, 5.41) is 11.6. The van der Waals surface area contributed by atoms with Crippen molar-refractivity contribution < 1.29 is 23.5 Å². The molecule has 2 N–H and O–H groups in total. The van der Waals surface area contributed by atoms with Gasteiger partial charge < -0.3 is 24.2 Å². The number of urea groups is 1. The van der Waals surface area contributed by atoms with Crippen molar-refractivity contribution >= 4 is 12.0 Å². The van der Waals surface area contributed by atoms with Gasteiger partial charge in [0, 0.05) is 12.6 Å². The number of carbonyl (C=O) groups excluding carboxylic acids is 1. The summed E-state index contributed by atoms with van der Waals surface area (Å²) in [7, 11) is 1.65. The largest absolute Gasteiger partial charge is 0.478 e. The molecule has 0 spiro atoms. The van der Waals surface area contributed by atoms with E-state index < -0.39 is 5.97 Å². The molecule has 112 valence electrons. The quantitative estimate of drug-likeness (QED) is 0.880. The Bertz CT molecular complexity index is 630. The molecule has 0 saturated heterocycles. The standard InChI is InChI=1S/C14H16N2O5/c1-9-12(13(17)18)5-11(21-9)6-15-14(19)16(2)7-10-3-4-20-8-10/h3-5,8H,6-7H2,1-2H3,(H,15,19)(H,17,18). The summed E-state index contributed by atoms with van der Waals surface area (Å²) in [5.41, 5.74) is 0.987. The van der Waals surface area contributed by atoms with Gasteiger partial charge in [-0.05, 0) is 19.1 Å². The summed E-state index contributed by atoms with van der Waals surface area (Å²) >= 11 is 0. The maximum atomic E-state index is 11.9. The lowest BCUT2D eigenvalue weighted by atomic mass is 10.2. The van der Waals surface area contributed by atoms with Crippen LogP contribution in [0.4, 0.5) is 4.79 Å². The van der Waals surface area contributed by atoms with Gasteiger partial charge in [-0.25, -0.2) is 9.59 Å². The summed E-state index contributed by atoms with van der Waals surface area (Å²) < 4.78 is 10.2. The lowest BCUT2D eigenvalue weighted by Gasteiger charge is -2.16. The summed E-state index contributed by atoms with van der Waals surface area (Å²) in [6.07, 6.45) is 3.11. The molecule has 2 aromatic heterocycles. The number of carboxylic acids is 1. The maximum absolute atomic E-state index is 11.9. The van der Waals surface area contributed by atoms with Gasteiger partial charge in [0.2, 0.25) is 0 Å². The Morgan fingerprint density at radius 1 is 1.43 bits per heavy atom. The molecule has 0 aliphatic carbocycles. The lowest BCUT2D eigenvalue weighted by molar-refractivity contribution is 0.0695. The Morgan fingerprint density at radius 3 is 2.76 bits per heavy atom. The van der Waals surface area contributed by atoms with Gasteiger partial charge >= 0.3 is 12.0 Å². The molecule has 7 nitrogen and oxygen atoms in total. The molecular formula is C14H16N2O5. The topological polar surface area (TPSA) is 95.9 Å². The predicted molar refractivity (Wildman–Crippen MR) is 72.8 cm³/mol. The number of carboxylic acid groups (broad SMARTS) is 1. The van der Waals surface area contributed by atoms with E-state index in [1.165, 1.54) is 11.0 Å². The van der Waals surface area contributed by atoms with Crippen LogP contribution < -0.4 is 5.32 Å². The van der Waals surface area contributed by atoms with Crippen LogP contribution in [0.25, 0.3) is 0 Å². The van der Waals surface area contributed by atoms with Crippen LogP contribution in [0.2, 0.25) is 0 Å². The van der Waals surface area contributed by atoms with Gasteiger partial charge in [-0.3, -0.25) is 0 Å². The first-order valence-corrected chi connectivity index (χ1v) is 6.30. The highest BCUT2D eigenvalue weighted by atomic mass is 16.4. The number of carbonyl (C=O) groups is 2. The van der Waals surface area contributed by atoms with Crippen LogP contribution in [0, 0.1) is 6.92 Å². The maximum Gasteiger partial charge on any atom is 0.339 e. The van der Waals surface area contributed by atoms with Crippen molar-refractivity contribution in [2.45, 2.75) is 20.0 Å². The number of nitrogens with zero attached hydrogens (tertiary/aromatic N) is 1. The molecule has 2 heterocycles. The van der Waals surface area contributed by atoms with E-state index in [2.05, 4.69) is 5.32 Å². The molecule has 2 amide bonds. The van der Waals surface area contributed by atoms with Crippen molar-refractivity contribution in [3.05, 3.63) is 47.3 Å². The summed E-state index contributed by atoms with van der Waals surface area (Å²) in [6.45, 7) is 2.11. The third-order valence-electron chi connectivity index (χ3n) is 2.96. The highest BCUT2D eigenvalue weighted by Gasteiger charge is 2.15. The summed E-state index contributed by atoms with van der Waals surface area (Å²) in [6, 6.07) is 2.90. The number of aryl methyl sites for hydroxylation is 1. The molecule has 7 heteroatoms. The Balaban J connectivity index is 1.88. The normalized spacial score (nSPS) is 10.4. The molecule has 0 atom stereocenters. The van der Waals surface area contributed by atoms with Crippen LogP contribution in [0.1, 0.15) is 27.4 Å². The van der Waals surface area contributed by atoms with Gasteiger partial charge in [0.25, 0.3) is 0 Å². The Hall–Kier alpha value is -2.70. The first-order valence-electron chi connectivity index (χ1n) is 6.30. The monoisotopic (exact) mass is 292 g/mol. The van der Waals surface area contributed by atoms with Crippen LogP contribution in [-0.4, -0.2) is 29.1 Å². The van der Waals surface area contributed by atoms with E-state index >= 15 is 0 Å². The van der Waals surface area contributed by atoms with Crippen molar-refractivity contribution in [2.24, 2.45) is 0 Å². The zero-order valence-corrected chi connectivity index (χ0v) is 11.8. The van der Waals surface area contributed by atoms with Gasteiger partial charge in [-0.15, -0.1) is 0 Å². The minimum Gasteiger partial charge on any atom is -0.478 e. The van der Waals surface area contributed by atoms with Crippen molar-refractivity contribution in [1.82, 2.24) is 10.2 Å². The van der Waals surface area contributed by atoms with Gasteiger partial charge in [0.1, 0.15) is 17.1 Å². The molecule has 0 aliphatic rings. The lowest BCUT2D eigenvalue weighted by Crippen LogP contribution is -2.36. The van der Waals surface area contributed by atoms with Crippen molar-refractivity contribution in [2.75, 3.05) is 7.05 Å². The number of aromatic carboxylic acids is 1. The molecule has 0 aromatic carbocycles. The molecule has 0 saturated carbocycles. The molecule has 0 aliphatic heterocycles. The van der Waals surface area contributed by atoms with Crippen molar-refractivity contribution in [1.29, 1.82) is 0 Å². The fourth-order valence-electron chi connectivity index (χ4n) is 1.87. The molecule has 0 bridgehead atoms. The minimum absolute atomic E-state index is 0.103. The van der Waals surface area contributed by atoms with E-state index in [1.54, 1.807) is 32.6 Å². The van der Waals surface area contributed by atoms with Crippen LogP contribution in [0.3, 0.4) is 0 Å². The molecule has 0 unspecified atom stereocenters. The smallest absolute Gasteiger partial charge is 0.339 e. The molecule has 2 aromatic rings. The zero-order valence-electron chi connectivity index (χ0n) is 11.8. The molecule has 0 radical (unpaired) electrons. The SMILES string of the molecule is Cc1oc(CNC(=O)N(C)Cc2ccoc2)cc1C(=O)O. The van der Waals surface area contributed by atoms with Gasteiger partial charge in [-0.2, -0.15) is 0 Å². The van der Waals surface area contributed by atoms with E-state index in [0.717, 1.165) is 5.56 Å². The molecule has 21 heavy (non-hydrogen) atoms. The van der Waals surface area contributed by atoms with E-state index in [-0.39, 0.29) is 18.1 Å². The van der Waals surface area contributed by atoms with E-state index in [0.29, 0.717) is 18.1 Å². The number of hydrogen-bond donors (Lipinski definition) is 2. The van der Waals surface area contributed by atoms with Crippen molar-refractivity contribution in [3.63, 3.8) is 0 Å². The molecule has 0 fully saturated rings. The highest BCUT2D eigenvalue weighted by molar-refractivity contribution is 5.88. The van der Waals surface area contributed by atoms with Crippen LogP contribution in [0.15, 0.2) is 33.5 Å². The average Bonchev–Trinajstić information content (AvgIpc) is 3.05. The van der Waals surface area contributed by atoms with Crippen LogP contribution in [0.5, 0.6) is 0 Å². The Kier molecular flexibility index (Phi) is 4.32. The number of amides is 2. The summed E-state index contributed by atoms with van der Waals surface area (Å²) in [4.78, 5) is 24.3. The third kappa shape index (κ3) is 3.65. The Labute approximate surface area is 121 Å². The fraction of sp³-hybridized carbons (Fsp3) is 0.286. The second-order valence-electron chi connectivity index (χ2n) is 4.63. The van der Waals surface area contributed by atoms with E-state index in [1.807, 2.05) is 0 Å². The van der Waals surface area contributed by atoms with Gasteiger partial charge in [0.05, 0.1) is 25.6 Å². The van der Waals surface area contributed by atoms with Crippen molar-refractivity contribution in [3.8, 4) is 0 Å². The second kappa shape index (κ2) is 6.17. The summed E-state index contributed by atoms with van der Waals surface area (Å²) in [5.74, 6) is -0.334. The Morgan fingerprint density at radius 2 is 2.19 bits per heavy atom. The number of furan rings is 2. The van der Waals surface area contributed by atoms with E-state index in [9.17, 15) is 9.59 Å². The first kappa shape index (κ1) is 14.7. The number of rotatable bonds is 5. The number of nitrogens with one attached hydrogen (secondary N) is 1. The van der Waals surface area contributed by atoms with Crippen LogP contribution in [-0.2, 0) is 13.1 Å². The van der Waals surface area contributed by atoms with Crippen LogP contribution >= 0.6 is 0 Å². The minimum atomic E-state index is -1.05. The first-order chi connectivity index (χ1) is 9.97. The molecular weight excluding hydrogens is 276 g/mol. The zero-order chi connectivity index (χ0) is 15.4. The second-order valence-corrected chi connectivity index (χ2v) is 4.63.